The van der Waals surface area contributed by atoms with Crippen LogP contribution in [-0.2, 0) is 10.1 Å². The smallest absolute Gasteiger partial charge is 0.294 e. The number of hydrogen-bond donors (Lipinski definition) is 1. The lowest BCUT2D eigenvalue weighted by molar-refractivity contribution is 0.483. The molecule has 8 heteroatoms. The molecule has 1 aromatic carbocycles. The summed E-state index contributed by atoms with van der Waals surface area (Å²) in [6.07, 6.45) is 0. The monoisotopic (exact) mass is 244 g/mol. The van der Waals surface area contributed by atoms with Crippen LogP contribution in [-0.4, -0.2) is 34.9 Å². The Labute approximate surface area is 87.3 Å². The maximum Gasteiger partial charge on any atom is 0.294 e. The van der Waals surface area contributed by atoms with Gasteiger partial charge in [-0.15, -0.1) is 0 Å². The predicted molar refractivity (Wildman–Crippen MR) is 55.4 cm³/mol. The molecule has 1 rings (SSSR count). The Bertz CT molecular complexity index is 342. The van der Waals surface area contributed by atoms with Crippen LogP contribution in [0, 0.1) is 6.92 Å². The molecule has 0 radical (unpaired) electrons. The molecule has 0 spiro atoms. The second-order valence-electron chi connectivity index (χ2n) is 2.29. The average molecular weight is 244 g/mol. The zero-order chi connectivity index (χ0) is 8.48. The van der Waals surface area contributed by atoms with Crippen LogP contribution in [0.25, 0.3) is 0 Å². The highest BCUT2D eigenvalue weighted by atomic mass is 32.2. The van der Waals surface area contributed by atoms with Gasteiger partial charge in [-0.05, 0) is 19.1 Å². The van der Waals surface area contributed by atoms with Crippen LogP contribution >= 0.6 is 0 Å². The molecule has 0 bridgehead atoms. The van der Waals surface area contributed by atoms with Crippen molar-refractivity contribution in [3.63, 3.8) is 0 Å². The highest BCUT2D eigenvalue weighted by molar-refractivity contribution is 7.85. The van der Waals surface area contributed by atoms with Crippen LogP contribution in [0.4, 0.5) is 0 Å². The van der Waals surface area contributed by atoms with Gasteiger partial charge in [0.25, 0.3) is 10.1 Å². The molecule has 0 fully saturated rings. The Hall–Kier alpha value is -1.03. The summed E-state index contributed by atoms with van der Waals surface area (Å²) in [6, 6.07) is 5.99. The van der Waals surface area contributed by atoms with Crippen molar-refractivity contribution in [2.45, 2.75) is 11.8 Å². The van der Waals surface area contributed by atoms with E-state index in [1.807, 2.05) is 6.92 Å². The molecule has 0 heterocycles. The fourth-order valence-electron chi connectivity index (χ4n) is 0.710. The summed E-state index contributed by atoms with van der Waals surface area (Å²) in [5, 5.41) is 0. The molecule has 9 N–H and O–H groups in total. The van der Waals surface area contributed by atoms with Gasteiger partial charge in [0, 0.05) is 0 Å². The van der Waals surface area contributed by atoms with Gasteiger partial charge in [-0.1, -0.05) is 17.7 Å². The Morgan fingerprint density at radius 1 is 0.933 bits per heavy atom. The third-order valence-corrected chi connectivity index (χ3v) is 2.19. The Balaban J connectivity index is -0.000000151. The van der Waals surface area contributed by atoms with Crippen LogP contribution in [0.2, 0.25) is 0 Å². The van der Waals surface area contributed by atoms with Crippen LogP contribution in [0.15, 0.2) is 29.2 Å². The molecule has 0 aromatic heterocycles. The van der Waals surface area contributed by atoms with E-state index < -0.39 is 10.1 Å². The van der Waals surface area contributed by atoms with Crippen molar-refractivity contribution in [2.75, 3.05) is 0 Å². The summed E-state index contributed by atoms with van der Waals surface area (Å²) in [5.41, 5.74) is 0.956. The van der Waals surface area contributed by atoms with Gasteiger partial charge in [0.15, 0.2) is 0 Å². The maximum absolute atomic E-state index is 10.5. The fraction of sp³-hybridized carbons (Fsp3) is 0.143. The fourth-order valence-corrected chi connectivity index (χ4v) is 1.19. The normalized spacial score (nSPS) is 8.40. The Kier molecular flexibility index (Phi) is 13.1. The van der Waals surface area contributed by atoms with E-state index >= 15 is 0 Å². The molecule has 0 amide bonds. The van der Waals surface area contributed by atoms with Crippen molar-refractivity contribution in [1.29, 1.82) is 0 Å². The first-order chi connectivity index (χ1) is 5.00. The van der Waals surface area contributed by atoms with Crippen molar-refractivity contribution < 1.29 is 34.9 Å². The Morgan fingerprint density at radius 2 is 1.27 bits per heavy atom. The lowest BCUT2D eigenvalue weighted by Gasteiger charge is -1.95. The van der Waals surface area contributed by atoms with Gasteiger partial charge in [-0.25, -0.2) is 0 Å². The van der Waals surface area contributed by atoms with E-state index in [2.05, 4.69) is 0 Å². The molecule has 0 atom stereocenters. The SMILES string of the molecule is Cc1ccc(S(=O)(=O)O)cc1.O.O.O.O. The summed E-state index contributed by atoms with van der Waals surface area (Å²) < 4.78 is 29.6. The summed E-state index contributed by atoms with van der Waals surface area (Å²) in [7, 11) is -4.02. The molecule has 1 aromatic rings. The van der Waals surface area contributed by atoms with E-state index in [1.165, 1.54) is 12.1 Å². The highest BCUT2D eigenvalue weighted by Gasteiger charge is 2.06. The molecule has 0 aliphatic heterocycles. The van der Waals surface area contributed by atoms with Crippen molar-refractivity contribution in [2.24, 2.45) is 0 Å². The van der Waals surface area contributed by atoms with E-state index in [9.17, 15) is 8.42 Å². The first kappa shape index (κ1) is 23.6. The third-order valence-electron chi connectivity index (χ3n) is 1.32. The standard InChI is InChI=1S/C7H8O3S.4H2O/c1-6-2-4-7(5-3-6)11(8,9)10;;;;/h2-5H,1H3,(H,8,9,10);4*1H2. The van der Waals surface area contributed by atoms with Crippen molar-refractivity contribution in [3.05, 3.63) is 29.8 Å². The van der Waals surface area contributed by atoms with Gasteiger partial charge >= 0.3 is 0 Å². The highest BCUT2D eigenvalue weighted by Crippen LogP contribution is 2.08. The molecular weight excluding hydrogens is 228 g/mol. The molecule has 0 aliphatic carbocycles. The largest absolute Gasteiger partial charge is 0.412 e. The molecule has 7 nitrogen and oxygen atoms in total. The number of hydrogen-bond acceptors (Lipinski definition) is 2. The molecule has 0 unspecified atom stereocenters. The minimum Gasteiger partial charge on any atom is -0.412 e. The topological polar surface area (TPSA) is 180 Å². The van der Waals surface area contributed by atoms with Gasteiger partial charge in [-0.2, -0.15) is 8.42 Å². The molecule has 15 heavy (non-hydrogen) atoms. The third kappa shape index (κ3) is 6.96. The molecular formula is C7H16O7S. The predicted octanol–water partition coefficient (Wildman–Crippen LogP) is -2.06. The van der Waals surface area contributed by atoms with Crippen molar-refractivity contribution >= 4 is 10.1 Å². The van der Waals surface area contributed by atoms with Gasteiger partial charge in [0.05, 0.1) is 4.90 Å². The van der Waals surface area contributed by atoms with Gasteiger partial charge < -0.3 is 21.9 Å². The zero-order valence-corrected chi connectivity index (χ0v) is 8.80. The summed E-state index contributed by atoms with van der Waals surface area (Å²) in [5.74, 6) is 0. The van der Waals surface area contributed by atoms with E-state index in [1.54, 1.807) is 12.1 Å². The summed E-state index contributed by atoms with van der Waals surface area (Å²) in [4.78, 5) is -0.0666. The van der Waals surface area contributed by atoms with Crippen molar-refractivity contribution in [3.8, 4) is 0 Å². The second kappa shape index (κ2) is 8.29. The lowest BCUT2D eigenvalue weighted by Crippen LogP contribution is -1.96. The first-order valence-corrected chi connectivity index (χ1v) is 4.48. The van der Waals surface area contributed by atoms with Gasteiger partial charge in [0.1, 0.15) is 0 Å². The van der Waals surface area contributed by atoms with E-state index in [0.717, 1.165) is 5.56 Å². The first-order valence-electron chi connectivity index (χ1n) is 3.04. The maximum atomic E-state index is 10.5. The average Bonchev–Trinajstić information content (AvgIpc) is 1.86. The van der Waals surface area contributed by atoms with Crippen LogP contribution in [0.5, 0.6) is 0 Å². The second-order valence-corrected chi connectivity index (χ2v) is 3.71. The molecule has 0 saturated heterocycles. The van der Waals surface area contributed by atoms with Crippen molar-refractivity contribution in [1.82, 2.24) is 0 Å². The number of aryl methyl sites for hydroxylation is 1. The minimum absolute atomic E-state index is 0. The van der Waals surface area contributed by atoms with Crippen LogP contribution < -0.4 is 0 Å². The molecule has 0 aliphatic rings. The summed E-state index contributed by atoms with van der Waals surface area (Å²) >= 11 is 0. The summed E-state index contributed by atoms with van der Waals surface area (Å²) in [6.45, 7) is 1.84. The van der Waals surface area contributed by atoms with Gasteiger partial charge in [-0.3, -0.25) is 4.55 Å². The van der Waals surface area contributed by atoms with Crippen LogP contribution in [0.1, 0.15) is 5.56 Å². The molecule has 0 saturated carbocycles. The minimum atomic E-state index is -4.02. The molecule has 92 valence electrons. The van der Waals surface area contributed by atoms with Crippen LogP contribution in [0.3, 0.4) is 0 Å². The van der Waals surface area contributed by atoms with E-state index in [0.29, 0.717) is 0 Å². The quantitative estimate of drug-likeness (QED) is 0.558. The Morgan fingerprint density at radius 3 is 1.53 bits per heavy atom. The van der Waals surface area contributed by atoms with E-state index in [-0.39, 0.29) is 26.8 Å². The zero-order valence-electron chi connectivity index (χ0n) is 7.98. The van der Waals surface area contributed by atoms with E-state index in [4.69, 9.17) is 4.55 Å². The van der Waals surface area contributed by atoms with Gasteiger partial charge in [0.2, 0.25) is 0 Å². The lowest BCUT2D eigenvalue weighted by atomic mass is 10.2. The number of rotatable bonds is 1. The number of benzene rings is 1.